The number of Topliss-reactive ketones (excluding diaryl/α,β-unsaturated/α-hetero) is 1. The van der Waals surface area contributed by atoms with E-state index in [9.17, 15) is 9.59 Å². The smallest absolute Gasteiger partial charge is 0.222 e. The fourth-order valence-electron chi connectivity index (χ4n) is 2.80. The second-order valence-electron chi connectivity index (χ2n) is 5.35. The lowest BCUT2D eigenvalue weighted by atomic mass is 9.83. The van der Waals surface area contributed by atoms with Crippen LogP contribution in [0.2, 0.25) is 5.02 Å². The highest BCUT2D eigenvalue weighted by Crippen LogP contribution is 2.36. The van der Waals surface area contributed by atoms with E-state index in [1.54, 1.807) is 6.07 Å². The van der Waals surface area contributed by atoms with Crippen LogP contribution in [0.25, 0.3) is 0 Å². The Labute approximate surface area is 129 Å². The number of carbonyl (C=O) groups is 2. The summed E-state index contributed by atoms with van der Waals surface area (Å²) in [5.74, 6) is 0.431. The van der Waals surface area contributed by atoms with E-state index in [0.29, 0.717) is 16.5 Å². The summed E-state index contributed by atoms with van der Waals surface area (Å²) in [6, 6.07) is 5.51. The highest BCUT2D eigenvalue weighted by Gasteiger charge is 2.19. The van der Waals surface area contributed by atoms with Gasteiger partial charge in [-0.05, 0) is 42.0 Å². The fraction of sp³-hybridized carbons (Fsp3) is 0.500. The summed E-state index contributed by atoms with van der Waals surface area (Å²) in [5.41, 5.74) is 1.71. The van der Waals surface area contributed by atoms with Gasteiger partial charge in [0.05, 0.1) is 0 Å². The molecule has 0 atom stereocenters. The van der Waals surface area contributed by atoms with Gasteiger partial charge >= 0.3 is 0 Å². The van der Waals surface area contributed by atoms with Crippen molar-refractivity contribution in [2.45, 2.75) is 50.9 Å². The molecule has 0 bridgehead atoms. The predicted molar refractivity (Wildman–Crippen MR) is 81.7 cm³/mol. The van der Waals surface area contributed by atoms with E-state index in [1.165, 1.54) is 32.1 Å². The molecule has 0 unspecified atom stereocenters. The van der Waals surface area contributed by atoms with Gasteiger partial charge in [-0.3, -0.25) is 9.59 Å². The molecule has 4 heteroatoms. The normalized spacial score (nSPS) is 16.1. The monoisotopic (exact) mass is 312 g/mol. The first-order valence-electron chi connectivity index (χ1n) is 7.09. The zero-order valence-electron chi connectivity index (χ0n) is 11.3. The van der Waals surface area contributed by atoms with Crippen LogP contribution in [0.3, 0.4) is 0 Å². The van der Waals surface area contributed by atoms with E-state index in [4.69, 9.17) is 23.2 Å². The van der Waals surface area contributed by atoms with Gasteiger partial charge in [-0.1, -0.05) is 43.0 Å². The average molecular weight is 313 g/mol. The molecule has 108 valence electrons. The van der Waals surface area contributed by atoms with Gasteiger partial charge in [0.2, 0.25) is 5.24 Å². The molecule has 1 aromatic rings. The van der Waals surface area contributed by atoms with Crippen LogP contribution < -0.4 is 0 Å². The summed E-state index contributed by atoms with van der Waals surface area (Å²) >= 11 is 11.6. The van der Waals surface area contributed by atoms with Crippen molar-refractivity contribution in [2.24, 2.45) is 0 Å². The van der Waals surface area contributed by atoms with Crippen molar-refractivity contribution < 1.29 is 9.59 Å². The standard InChI is InChI=1S/C16H18Cl2O2/c17-14-10-12(15(19)8-9-16(18)20)6-7-13(14)11-4-2-1-3-5-11/h6-7,10-11H,1-5,8-9H2. The third kappa shape index (κ3) is 4.07. The van der Waals surface area contributed by atoms with Crippen LogP contribution in [0.15, 0.2) is 18.2 Å². The Morgan fingerprint density at radius 2 is 1.80 bits per heavy atom. The van der Waals surface area contributed by atoms with Gasteiger partial charge < -0.3 is 0 Å². The van der Waals surface area contributed by atoms with Gasteiger partial charge in [-0.2, -0.15) is 0 Å². The van der Waals surface area contributed by atoms with Gasteiger partial charge in [0, 0.05) is 23.4 Å². The van der Waals surface area contributed by atoms with Crippen molar-refractivity contribution in [3.05, 3.63) is 34.3 Å². The maximum Gasteiger partial charge on any atom is 0.222 e. The molecule has 0 amide bonds. The number of benzene rings is 1. The molecule has 0 spiro atoms. The first-order valence-corrected chi connectivity index (χ1v) is 7.84. The second kappa shape index (κ2) is 7.24. The summed E-state index contributed by atoms with van der Waals surface area (Å²) in [6.45, 7) is 0. The molecular weight excluding hydrogens is 295 g/mol. The predicted octanol–water partition coefficient (Wildman–Crippen LogP) is 5.12. The third-order valence-corrected chi connectivity index (χ3v) is 4.43. The summed E-state index contributed by atoms with van der Waals surface area (Å²) in [6.07, 6.45) is 6.36. The molecule has 0 aromatic heterocycles. The number of hydrogen-bond donors (Lipinski definition) is 0. The van der Waals surface area contributed by atoms with Crippen LogP contribution in [0, 0.1) is 0 Å². The lowest BCUT2D eigenvalue weighted by Gasteiger charge is -2.23. The molecule has 2 rings (SSSR count). The molecule has 1 aliphatic carbocycles. The van der Waals surface area contributed by atoms with Crippen LogP contribution in [-0.2, 0) is 4.79 Å². The van der Waals surface area contributed by atoms with Crippen molar-refractivity contribution in [3.8, 4) is 0 Å². The van der Waals surface area contributed by atoms with E-state index in [1.807, 2.05) is 12.1 Å². The van der Waals surface area contributed by atoms with Gasteiger partial charge in [-0.25, -0.2) is 0 Å². The molecule has 1 aliphatic rings. The first kappa shape index (κ1) is 15.5. The SMILES string of the molecule is O=C(Cl)CCC(=O)c1ccc(C2CCCCC2)c(Cl)c1. The topological polar surface area (TPSA) is 34.1 Å². The summed E-state index contributed by atoms with van der Waals surface area (Å²) in [4.78, 5) is 22.6. The molecule has 1 aromatic carbocycles. The van der Waals surface area contributed by atoms with E-state index < -0.39 is 5.24 Å². The van der Waals surface area contributed by atoms with Crippen molar-refractivity contribution >= 4 is 34.2 Å². The Hall–Kier alpha value is -0.860. The van der Waals surface area contributed by atoms with Crippen LogP contribution in [0.5, 0.6) is 0 Å². The number of halogens is 2. The van der Waals surface area contributed by atoms with Gasteiger partial charge in [0.1, 0.15) is 0 Å². The van der Waals surface area contributed by atoms with Crippen molar-refractivity contribution in [1.29, 1.82) is 0 Å². The summed E-state index contributed by atoms with van der Waals surface area (Å²) in [5, 5.41) is 0.184. The van der Waals surface area contributed by atoms with Crippen LogP contribution in [0.1, 0.15) is 66.8 Å². The molecule has 0 N–H and O–H groups in total. The number of rotatable bonds is 5. The third-order valence-electron chi connectivity index (χ3n) is 3.92. The molecule has 0 radical (unpaired) electrons. The average Bonchev–Trinajstić information content (AvgIpc) is 2.45. The number of carbonyl (C=O) groups excluding carboxylic acids is 2. The fourth-order valence-corrected chi connectivity index (χ4v) is 3.23. The zero-order valence-corrected chi connectivity index (χ0v) is 12.8. The largest absolute Gasteiger partial charge is 0.294 e. The van der Waals surface area contributed by atoms with Gasteiger partial charge in [0.25, 0.3) is 0 Å². The van der Waals surface area contributed by atoms with E-state index in [-0.39, 0.29) is 18.6 Å². The zero-order chi connectivity index (χ0) is 14.5. The minimum atomic E-state index is -0.483. The molecule has 20 heavy (non-hydrogen) atoms. The van der Waals surface area contributed by atoms with Crippen molar-refractivity contribution in [3.63, 3.8) is 0 Å². The lowest BCUT2D eigenvalue weighted by Crippen LogP contribution is -2.07. The minimum absolute atomic E-state index is 0.0718. The van der Waals surface area contributed by atoms with Gasteiger partial charge in [0.15, 0.2) is 5.78 Å². The van der Waals surface area contributed by atoms with E-state index >= 15 is 0 Å². The van der Waals surface area contributed by atoms with E-state index in [2.05, 4.69) is 0 Å². The Kier molecular flexibility index (Phi) is 5.62. The molecular formula is C16H18Cl2O2. The molecule has 1 saturated carbocycles. The van der Waals surface area contributed by atoms with Crippen molar-refractivity contribution in [2.75, 3.05) is 0 Å². The van der Waals surface area contributed by atoms with Gasteiger partial charge in [-0.15, -0.1) is 0 Å². The lowest BCUT2D eigenvalue weighted by molar-refractivity contribution is -0.111. The minimum Gasteiger partial charge on any atom is -0.294 e. The molecule has 0 aliphatic heterocycles. The molecule has 0 saturated heterocycles. The number of hydrogen-bond acceptors (Lipinski definition) is 2. The highest BCUT2D eigenvalue weighted by atomic mass is 35.5. The summed E-state index contributed by atoms with van der Waals surface area (Å²) < 4.78 is 0. The molecule has 0 heterocycles. The Bertz CT molecular complexity index is 505. The van der Waals surface area contributed by atoms with E-state index in [0.717, 1.165) is 5.56 Å². The Morgan fingerprint density at radius 3 is 2.40 bits per heavy atom. The number of ketones is 1. The maximum absolute atomic E-state index is 11.9. The molecule has 1 fully saturated rings. The summed E-state index contributed by atoms with van der Waals surface area (Å²) in [7, 11) is 0. The van der Waals surface area contributed by atoms with Crippen LogP contribution in [0.4, 0.5) is 0 Å². The second-order valence-corrected chi connectivity index (χ2v) is 6.18. The van der Waals surface area contributed by atoms with Crippen molar-refractivity contribution in [1.82, 2.24) is 0 Å². The van der Waals surface area contributed by atoms with Crippen LogP contribution in [-0.4, -0.2) is 11.0 Å². The highest BCUT2D eigenvalue weighted by molar-refractivity contribution is 6.63. The first-order chi connectivity index (χ1) is 9.58. The molecule has 2 nitrogen and oxygen atoms in total. The maximum atomic E-state index is 11.9. The quantitative estimate of drug-likeness (QED) is 0.559. The Morgan fingerprint density at radius 1 is 1.10 bits per heavy atom. The Balaban J connectivity index is 2.08. The van der Waals surface area contributed by atoms with Crippen LogP contribution >= 0.6 is 23.2 Å².